The van der Waals surface area contributed by atoms with Gasteiger partial charge in [-0.15, -0.1) is 0 Å². The third kappa shape index (κ3) is 6.42. The molecular formula is C60H51N3O. The van der Waals surface area contributed by atoms with Crippen molar-refractivity contribution in [3.63, 3.8) is 0 Å². The third-order valence-corrected chi connectivity index (χ3v) is 13.3. The number of nitrogens with one attached hydrogen (secondary N) is 1. The van der Waals surface area contributed by atoms with Crippen LogP contribution in [0.5, 0.6) is 0 Å². The van der Waals surface area contributed by atoms with E-state index in [1.165, 1.54) is 44.5 Å². The zero-order valence-corrected chi connectivity index (χ0v) is 37.3. The molecule has 2 heterocycles. The minimum Gasteiger partial charge on any atom is -0.455 e. The van der Waals surface area contributed by atoms with Crippen molar-refractivity contribution in [2.45, 2.75) is 64.0 Å². The molecule has 1 aromatic heterocycles. The van der Waals surface area contributed by atoms with E-state index in [4.69, 9.17) is 14.4 Å². The van der Waals surface area contributed by atoms with Gasteiger partial charge in [-0.3, -0.25) is 0 Å². The standard InChI is InChI=1S/C60H51N3O/c1-58(2,3)43-33-34-48-50(36-43)60(41-21-12-8-13-22-41,42-23-14-9-15-24-42)51-37-44(59(4,5)6)35-49(53(48)51)57-62-55(39-19-10-7-11-20-39)61-56(63-57)40-31-29-38(30-32-40)45-26-18-27-47-46-25-16-17-28-52(46)64-54(45)47/h7-37,55H,1-6H3,(H,61,62,63). The van der Waals surface area contributed by atoms with Gasteiger partial charge in [-0.05, 0) is 78.6 Å². The van der Waals surface area contributed by atoms with E-state index >= 15 is 0 Å². The van der Waals surface area contributed by atoms with Gasteiger partial charge in [0.25, 0.3) is 0 Å². The molecule has 0 radical (unpaired) electrons. The number of benzene rings is 8. The van der Waals surface area contributed by atoms with Crippen LogP contribution in [0.2, 0.25) is 0 Å². The maximum Gasteiger partial charge on any atom is 0.169 e. The number of rotatable bonds is 6. The summed E-state index contributed by atoms with van der Waals surface area (Å²) in [4.78, 5) is 10.9. The van der Waals surface area contributed by atoms with Crippen LogP contribution in [0, 0.1) is 0 Å². The molecule has 312 valence electrons. The first-order valence-corrected chi connectivity index (χ1v) is 22.4. The molecular weight excluding hydrogens is 779 g/mol. The van der Waals surface area contributed by atoms with E-state index in [1.807, 2.05) is 12.1 Å². The van der Waals surface area contributed by atoms with E-state index < -0.39 is 11.6 Å². The Morgan fingerprint density at radius 2 is 1.05 bits per heavy atom. The van der Waals surface area contributed by atoms with Gasteiger partial charge in [0, 0.05) is 27.5 Å². The van der Waals surface area contributed by atoms with Crippen LogP contribution in [0.3, 0.4) is 0 Å². The predicted molar refractivity (Wildman–Crippen MR) is 266 cm³/mol. The van der Waals surface area contributed by atoms with Crippen molar-refractivity contribution in [1.82, 2.24) is 5.32 Å². The van der Waals surface area contributed by atoms with Crippen molar-refractivity contribution < 1.29 is 4.42 Å². The minimum absolute atomic E-state index is 0.0558. The number of aliphatic imine (C=N–C) groups is 2. The first kappa shape index (κ1) is 39.5. The molecule has 11 rings (SSSR count). The number of furan rings is 1. The Morgan fingerprint density at radius 1 is 0.469 bits per heavy atom. The molecule has 0 saturated heterocycles. The molecule has 1 aliphatic heterocycles. The largest absolute Gasteiger partial charge is 0.455 e. The van der Waals surface area contributed by atoms with Gasteiger partial charge in [-0.2, -0.15) is 0 Å². The quantitative estimate of drug-likeness (QED) is 0.181. The Hall–Kier alpha value is -7.30. The SMILES string of the molecule is CC(C)(C)c1ccc2c(c1)C(c1ccccc1)(c1ccccc1)c1cc(C(C)(C)C)cc(C3=NC(c4ccccc4)N=C(c4ccc(-c5cccc6c5oc5ccccc56)cc4)N3)c1-2. The van der Waals surface area contributed by atoms with Crippen LogP contribution in [0.15, 0.2) is 202 Å². The maximum atomic E-state index is 6.45. The summed E-state index contributed by atoms with van der Waals surface area (Å²) in [6, 6.07) is 68.1. The molecule has 1 atom stereocenters. The number of para-hydroxylation sites is 2. The van der Waals surface area contributed by atoms with Gasteiger partial charge in [-0.1, -0.05) is 217 Å². The number of amidine groups is 2. The van der Waals surface area contributed by atoms with E-state index in [0.29, 0.717) is 0 Å². The Kier molecular flexibility index (Phi) is 9.22. The molecule has 9 aromatic rings. The molecule has 1 N–H and O–H groups in total. The fourth-order valence-electron chi connectivity index (χ4n) is 9.99. The normalized spacial score (nSPS) is 15.6. The van der Waals surface area contributed by atoms with Crippen molar-refractivity contribution in [3.8, 4) is 22.3 Å². The second-order valence-electron chi connectivity index (χ2n) is 19.4. The van der Waals surface area contributed by atoms with Crippen molar-refractivity contribution >= 4 is 33.6 Å². The first-order chi connectivity index (χ1) is 31.0. The second kappa shape index (κ2) is 14.9. The summed E-state index contributed by atoms with van der Waals surface area (Å²) in [5, 5.41) is 6.10. The summed E-state index contributed by atoms with van der Waals surface area (Å²) in [6.07, 6.45) is -0.456. The Labute approximate surface area is 376 Å². The van der Waals surface area contributed by atoms with Gasteiger partial charge in [0.15, 0.2) is 6.17 Å². The zero-order chi connectivity index (χ0) is 43.8. The highest BCUT2D eigenvalue weighted by Gasteiger charge is 2.48. The van der Waals surface area contributed by atoms with Crippen molar-refractivity contribution in [1.29, 1.82) is 0 Å². The summed E-state index contributed by atoms with van der Waals surface area (Å²) in [6.45, 7) is 13.9. The lowest BCUT2D eigenvalue weighted by Crippen LogP contribution is -2.37. The summed E-state index contributed by atoms with van der Waals surface area (Å²) >= 11 is 0. The second-order valence-corrected chi connectivity index (χ2v) is 19.4. The number of nitrogens with zero attached hydrogens (tertiary/aromatic N) is 2. The smallest absolute Gasteiger partial charge is 0.169 e. The maximum absolute atomic E-state index is 6.45. The van der Waals surface area contributed by atoms with E-state index in [1.54, 1.807) is 0 Å². The highest BCUT2D eigenvalue weighted by atomic mass is 16.3. The Bertz CT molecular complexity index is 3250. The van der Waals surface area contributed by atoms with Crippen LogP contribution < -0.4 is 5.32 Å². The molecule has 2 aliphatic rings. The van der Waals surface area contributed by atoms with Crippen molar-refractivity contribution in [2.24, 2.45) is 9.98 Å². The Balaban J connectivity index is 1.12. The van der Waals surface area contributed by atoms with Gasteiger partial charge < -0.3 is 9.73 Å². The molecule has 0 saturated carbocycles. The van der Waals surface area contributed by atoms with Gasteiger partial charge in [0.05, 0.1) is 5.41 Å². The highest BCUT2D eigenvalue weighted by molar-refractivity contribution is 6.19. The minimum atomic E-state index is -0.589. The van der Waals surface area contributed by atoms with Gasteiger partial charge in [0.1, 0.15) is 22.8 Å². The molecule has 1 aliphatic carbocycles. The van der Waals surface area contributed by atoms with E-state index in [0.717, 1.165) is 61.4 Å². The fourth-order valence-corrected chi connectivity index (χ4v) is 9.99. The van der Waals surface area contributed by atoms with Gasteiger partial charge >= 0.3 is 0 Å². The van der Waals surface area contributed by atoms with Gasteiger partial charge in [-0.25, -0.2) is 9.98 Å². The average Bonchev–Trinajstić information content (AvgIpc) is 3.85. The number of fused-ring (bicyclic) bond motifs is 6. The molecule has 1 unspecified atom stereocenters. The molecule has 0 spiro atoms. The third-order valence-electron chi connectivity index (χ3n) is 13.3. The van der Waals surface area contributed by atoms with E-state index in [9.17, 15) is 0 Å². The van der Waals surface area contributed by atoms with Crippen LogP contribution in [0.4, 0.5) is 0 Å². The lowest BCUT2D eigenvalue weighted by molar-refractivity contribution is 0.586. The predicted octanol–water partition coefficient (Wildman–Crippen LogP) is 14.7. The highest BCUT2D eigenvalue weighted by Crippen LogP contribution is 2.58. The molecule has 0 fully saturated rings. The first-order valence-electron chi connectivity index (χ1n) is 22.4. The molecule has 0 bridgehead atoms. The van der Waals surface area contributed by atoms with Gasteiger partial charge in [0.2, 0.25) is 0 Å². The topological polar surface area (TPSA) is 49.9 Å². The number of hydrogen-bond acceptors (Lipinski definition) is 4. The van der Waals surface area contributed by atoms with Crippen LogP contribution in [-0.4, -0.2) is 11.7 Å². The monoisotopic (exact) mass is 829 g/mol. The summed E-state index contributed by atoms with van der Waals surface area (Å²) in [5.74, 6) is 1.58. The Morgan fingerprint density at radius 3 is 1.72 bits per heavy atom. The lowest BCUT2D eigenvalue weighted by atomic mass is 9.66. The van der Waals surface area contributed by atoms with Crippen LogP contribution in [-0.2, 0) is 16.2 Å². The molecule has 64 heavy (non-hydrogen) atoms. The molecule has 8 aromatic carbocycles. The average molecular weight is 830 g/mol. The lowest BCUT2D eigenvalue weighted by Gasteiger charge is -2.36. The van der Waals surface area contributed by atoms with Crippen LogP contribution in [0.1, 0.15) is 97.8 Å². The number of hydrogen-bond donors (Lipinski definition) is 1. The molecule has 4 heteroatoms. The van der Waals surface area contributed by atoms with Crippen LogP contribution >= 0.6 is 0 Å². The van der Waals surface area contributed by atoms with Crippen LogP contribution in [0.25, 0.3) is 44.2 Å². The van der Waals surface area contributed by atoms with Crippen molar-refractivity contribution in [2.75, 3.05) is 0 Å². The molecule has 4 nitrogen and oxygen atoms in total. The zero-order valence-electron chi connectivity index (χ0n) is 37.3. The summed E-state index contributed by atoms with van der Waals surface area (Å²) in [5.41, 5.74) is 16.2. The van der Waals surface area contributed by atoms with Crippen molar-refractivity contribution in [3.05, 3.63) is 238 Å². The fraction of sp³-hybridized carbons (Fsp3) is 0.167. The molecule has 0 amide bonds. The van der Waals surface area contributed by atoms with E-state index in [2.05, 4.69) is 223 Å². The summed E-state index contributed by atoms with van der Waals surface area (Å²) < 4.78 is 6.45. The van der Waals surface area contributed by atoms with E-state index in [-0.39, 0.29) is 10.8 Å². The summed E-state index contributed by atoms with van der Waals surface area (Å²) in [7, 11) is 0.